The van der Waals surface area contributed by atoms with Gasteiger partial charge in [-0.1, -0.05) is 0 Å². The summed E-state index contributed by atoms with van der Waals surface area (Å²) in [4.78, 5) is 0. The first-order valence-corrected chi connectivity index (χ1v) is 14.8. The van der Waals surface area contributed by atoms with Crippen LogP contribution in [0, 0.1) is 0 Å². The number of hydrogen-bond acceptors (Lipinski definition) is 19. The van der Waals surface area contributed by atoms with Crippen molar-refractivity contribution in [3.8, 4) is 0 Å². The van der Waals surface area contributed by atoms with E-state index in [1.165, 1.54) is 14.2 Å². The molecule has 0 aliphatic carbocycles. The summed E-state index contributed by atoms with van der Waals surface area (Å²) < 4.78 is 62.9. The molecule has 4 bridgehead atoms. The molecule has 6 aliphatic heterocycles. The Morgan fingerprint density at radius 2 is 1.02 bits per heavy atom. The van der Waals surface area contributed by atoms with Gasteiger partial charge in [0.05, 0.1) is 26.4 Å². The van der Waals surface area contributed by atoms with Gasteiger partial charge in [-0.25, -0.2) is 0 Å². The highest BCUT2D eigenvalue weighted by molar-refractivity contribution is 5.01. The normalized spacial score (nSPS) is 54.8. The predicted octanol–water partition coefficient (Wildman–Crippen LogP) is -6.35. The van der Waals surface area contributed by atoms with Gasteiger partial charge in [-0.2, -0.15) is 0 Å². The molecule has 6 saturated heterocycles. The van der Waals surface area contributed by atoms with Gasteiger partial charge in [0, 0.05) is 14.2 Å². The van der Waals surface area contributed by atoms with Crippen molar-refractivity contribution in [1.29, 1.82) is 0 Å². The highest BCUT2D eigenvalue weighted by Crippen LogP contribution is 2.39. The van der Waals surface area contributed by atoms with Gasteiger partial charge in [-0.15, -0.1) is 0 Å². The zero-order valence-electron chi connectivity index (χ0n) is 24.4. The molecule has 0 radical (unpaired) electrons. The van der Waals surface area contributed by atoms with Crippen LogP contribution in [-0.4, -0.2) is 204 Å². The molecule has 6 rings (SSSR count). The van der Waals surface area contributed by atoms with Crippen molar-refractivity contribution < 1.29 is 93.0 Å². The largest absolute Gasteiger partial charge is 0.394 e. The summed E-state index contributed by atoms with van der Waals surface area (Å²) in [5, 5.41) is 83.1. The van der Waals surface area contributed by atoms with Crippen LogP contribution in [0.4, 0.5) is 0 Å². The molecule has 19 heteroatoms. The van der Waals surface area contributed by atoms with Gasteiger partial charge in [0.25, 0.3) is 0 Å². The van der Waals surface area contributed by atoms with E-state index in [-0.39, 0.29) is 13.2 Å². The summed E-state index contributed by atoms with van der Waals surface area (Å²) in [6, 6.07) is 0. The molecule has 0 unspecified atom stereocenters. The fourth-order valence-electron chi connectivity index (χ4n) is 6.73. The zero-order valence-corrected chi connectivity index (χ0v) is 24.4. The van der Waals surface area contributed by atoms with Crippen LogP contribution in [0.3, 0.4) is 0 Å². The second-order valence-corrected chi connectivity index (χ2v) is 11.8. The summed E-state index contributed by atoms with van der Waals surface area (Å²) in [6.45, 7) is -1.22. The van der Waals surface area contributed by atoms with E-state index in [1.807, 2.05) is 0 Å². The third kappa shape index (κ3) is 6.16. The Kier molecular flexibility index (Phi) is 10.6. The molecular weight excluding hydrogens is 616 g/mol. The van der Waals surface area contributed by atoms with Crippen LogP contribution in [0.25, 0.3) is 0 Å². The molecule has 20 atom stereocenters. The van der Waals surface area contributed by atoms with Crippen molar-refractivity contribution in [2.24, 2.45) is 0 Å². The highest BCUT2D eigenvalue weighted by Gasteiger charge is 2.59. The Hall–Kier alpha value is -0.760. The first kappa shape index (κ1) is 34.1. The van der Waals surface area contributed by atoms with Gasteiger partial charge in [-0.05, 0) is 0 Å². The number of hydrogen-bond donors (Lipinski definition) is 8. The Labute approximate surface area is 256 Å². The van der Waals surface area contributed by atoms with Gasteiger partial charge in [-0.3, -0.25) is 0 Å². The van der Waals surface area contributed by atoms with Crippen molar-refractivity contribution in [1.82, 2.24) is 0 Å². The van der Waals surface area contributed by atoms with Gasteiger partial charge >= 0.3 is 0 Å². The first-order valence-electron chi connectivity index (χ1n) is 14.8. The molecule has 0 spiro atoms. The summed E-state index contributed by atoms with van der Waals surface area (Å²) in [7, 11) is 2.71. The highest BCUT2D eigenvalue weighted by atomic mass is 16.8. The molecule has 8 N–H and O–H groups in total. The van der Waals surface area contributed by atoms with E-state index in [2.05, 4.69) is 0 Å². The number of rotatable bonds is 10. The average molecular weight is 659 g/mol. The third-order valence-corrected chi connectivity index (χ3v) is 9.20. The zero-order chi connectivity index (χ0) is 32.2. The Bertz CT molecular complexity index is 979. The van der Waals surface area contributed by atoms with Crippen molar-refractivity contribution in [3.05, 3.63) is 0 Å². The maximum absolute atomic E-state index is 11.3. The van der Waals surface area contributed by atoms with Crippen molar-refractivity contribution in [3.63, 3.8) is 0 Å². The lowest BCUT2D eigenvalue weighted by atomic mass is 9.96. The number of aliphatic hydroxyl groups is 8. The van der Waals surface area contributed by atoms with Crippen LogP contribution in [0.1, 0.15) is 0 Å². The third-order valence-electron chi connectivity index (χ3n) is 9.20. The Balaban J connectivity index is 1.15. The van der Waals surface area contributed by atoms with E-state index >= 15 is 0 Å². The summed E-state index contributed by atoms with van der Waals surface area (Å²) in [6.07, 6.45) is -24.3. The molecule has 6 heterocycles. The second-order valence-electron chi connectivity index (χ2n) is 11.8. The van der Waals surface area contributed by atoms with Crippen LogP contribution in [0.15, 0.2) is 0 Å². The quantitative estimate of drug-likeness (QED) is 0.108. The van der Waals surface area contributed by atoms with Gasteiger partial charge in [0.1, 0.15) is 97.7 Å². The minimum Gasteiger partial charge on any atom is -0.394 e. The first-order chi connectivity index (χ1) is 21.6. The molecule has 0 amide bonds. The maximum atomic E-state index is 11.3. The van der Waals surface area contributed by atoms with E-state index in [9.17, 15) is 40.9 Å². The maximum Gasteiger partial charge on any atom is 0.187 e. The van der Waals surface area contributed by atoms with Crippen LogP contribution < -0.4 is 0 Å². The van der Waals surface area contributed by atoms with Crippen molar-refractivity contribution >= 4 is 0 Å². The van der Waals surface area contributed by atoms with Gasteiger partial charge in [0.2, 0.25) is 0 Å². The number of methoxy groups -OCH3 is 2. The SMILES string of the molecule is CO[C@@H]1[C@H](O[C@@H]2[C@@H](O)[C@H](O)O[C@H](CO)[C@@H]2O)O[C@H]2CO[C@@H]1[C@@H]2O[C@@H]1O[C@H](CO)[C@H](O)[C@H](O[C@@H]2O[C@H]3CO[C@H]([C@@H]3O)[C@@H]2OC)[C@H]1O. The lowest BCUT2D eigenvalue weighted by Crippen LogP contribution is -2.66. The van der Waals surface area contributed by atoms with E-state index in [1.54, 1.807) is 0 Å². The second kappa shape index (κ2) is 14.0. The van der Waals surface area contributed by atoms with Gasteiger partial charge < -0.3 is 93.0 Å². The molecule has 0 aromatic rings. The average Bonchev–Trinajstić information content (AvgIpc) is 3.44. The summed E-state index contributed by atoms with van der Waals surface area (Å²) in [5.41, 5.74) is 0. The van der Waals surface area contributed by atoms with Crippen molar-refractivity contribution in [2.75, 3.05) is 40.6 Å². The predicted molar refractivity (Wildman–Crippen MR) is 137 cm³/mol. The van der Waals surface area contributed by atoms with E-state index < -0.39 is 136 Å². The van der Waals surface area contributed by atoms with Crippen LogP contribution in [0.2, 0.25) is 0 Å². The standard InChI is InChI=1S/C26H42O19/c1-35-21-19-13(31)9(5-37-19)41-25(21)45-18-12(30)8(4-28)40-24(15(18)33)43-16-10-6-38-20(16)22(36-2)26(42-10)44-17-11(29)7(3-27)39-23(34)14(17)32/h7-34H,3-6H2,1-2H3/t7-,8-,9+,10+,11+,12+,13-,14-,15-,16-,17+,18+,19-,20-,21+,22+,23-,24+,25+,26+/m1/s1. The number of ether oxygens (including phenoxy) is 11. The Morgan fingerprint density at radius 1 is 0.511 bits per heavy atom. The molecule has 0 aromatic carbocycles. The van der Waals surface area contributed by atoms with Crippen LogP contribution in [-0.2, 0) is 52.1 Å². The van der Waals surface area contributed by atoms with Gasteiger partial charge in [0.15, 0.2) is 25.2 Å². The van der Waals surface area contributed by atoms with E-state index in [0.29, 0.717) is 0 Å². The molecular formula is C26H42O19. The molecule has 6 fully saturated rings. The molecule has 6 aliphatic rings. The lowest BCUT2D eigenvalue weighted by Gasteiger charge is -2.47. The summed E-state index contributed by atoms with van der Waals surface area (Å²) >= 11 is 0. The molecule has 0 saturated carbocycles. The molecule has 45 heavy (non-hydrogen) atoms. The van der Waals surface area contributed by atoms with E-state index in [0.717, 1.165) is 0 Å². The Morgan fingerprint density at radius 3 is 1.64 bits per heavy atom. The van der Waals surface area contributed by atoms with Crippen molar-refractivity contribution in [2.45, 2.75) is 123 Å². The fraction of sp³-hybridized carbons (Fsp3) is 1.00. The lowest BCUT2D eigenvalue weighted by molar-refractivity contribution is -0.373. The molecule has 260 valence electrons. The number of fused-ring (bicyclic) bond motifs is 4. The van der Waals surface area contributed by atoms with E-state index in [4.69, 9.17) is 52.1 Å². The monoisotopic (exact) mass is 658 g/mol. The fourth-order valence-corrected chi connectivity index (χ4v) is 6.73. The summed E-state index contributed by atoms with van der Waals surface area (Å²) in [5.74, 6) is 0. The topological polar surface area (TPSA) is 263 Å². The minimum absolute atomic E-state index is 0.0127. The smallest absolute Gasteiger partial charge is 0.187 e. The van der Waals surface area contributed by atoms with Crippen LogP contribution in [0.5, 0.6) is 0 Å². The molecule has 0 aromatic heterocycles. The van der Waals surface area contributed by atoms with Crippen LogP contribution >= 0.6 is 0 Å². The molecule has 19 nitrogen and oxygen atoms in total. The minimum atomic E-state index is -1.75. The number of aliphatic hydroxyl groups excluding tert-OH is 8.